The topological polar surface area (TPSA) is 75.3 Å². The Morgan fingerprint density at radius 3 is 2.42 bits per heavy atom. The highest BCUT2D eigenvalue weighted by Crippen LogP contribution is 2.09. The molecule has 0 aliphatic rings. The number of nitrogens with one attached hydrogen (secondary N) is 2. The van der Waals surface area contributed by atoms with Crippen LogP contribution >= 0.6 is 24.0 Å². The van der Waals surface area contributed by atoms with Crippen LogP contribution < -0.4 is 10.6 Å². The van der Waals surface area contributed by atoms with E-state index in [1.165, 1.54) is 16.7 Å². The highest BCUT2D eigenvalue weighted by Gasteiger charge is 2.03. The van der Waals surface area contributed by atoms with Gasteiger partial charge in [-0.15, -0.1) is 24.0 Å². The number of aliphatic imine (C=N–C) groups is 1. The minimum absolute atomic E-state index is 0. The lowest BCUT2D eigenvalue weighted by molar-refractivity contribution is 0.387. The molecule has 0 bridgehead atoms. The van der Waals surface area contributed by atoms with Gasteiger partial charge in [-0.25, -0.2) is 4.99 Å². The summed E-state index contributed by atoms with van der Waals surface area (Å²) in [6.45, 7) is 10.1. The fourth-order valence-electron chi connectivity index (χ4n) is 2.44. The lowest BCUT2D eigenvalue weighted by Crippen LogP contribution is -2.38. The minimum atomic E-state index is 0. The molecule has 0 saturated heterocycles. The largest absolute Gasteiger partial charge is 0.357 e. The van der Waals surface area contributed by atoms with Gasteiger partial charge in [0.25, 0.3) is 0 Å². The first-order valence-electron chi connectivity index (χ1n) is 7.95. The molecule has 132 valence electrons. The summed E-state index contributed by atoms with van der Waals surface area (Å²) in [4.78, 5) is 8.62. The van der Waals surface area contributed by atoms with E-state index < -0.39 is 0 Å². The third-order valence-electron chi connectivity index (χ3n) is 3.28. The van der Waals surface area contributed by atoms with Crippen molar-refractivity contribution in [1.82, 2.24) is 20.8 Å². The number of guanidine groups is 1. The first-order chi connectivity index (χ1) is 11.1. The zero-order valence-corrected chi connectivity index (χ0v) is 17.0. The number of rotatable bonds is 6. The van der Waals surface area contributed by atoms with E-state index >= 15 is 0 Å². The van der Waals surface area contributed by atoms with Gasteiger partial charge in [0.05, 0.1) is 0 Å². The van der Waals surface area contributed by atoms with E-state index in [1.807, 2.05) is 6.92 Å². The molecule has 2 rings (SSSR count). The molecule has 6 nitrogen and oxygen atoms in total. The third-order valence-corrected chi connectivity index (χ3v) is 3.28. The van der Waals surface area contributed by atoms with Gasteiger partial charge in [-0.2, -0.15) is 4.98 Å². The smallest absolute Gasteiger partial charge is 0.223 e. The van der Waals surface area contributed by atoms with Crippen molar-refractivity contribution in [3.05, 3.63) is 46.6 Å². The number of aromatic nitrogens is 2. The number of nitrogens with zero attached hydrogens (tertiary/aromatic N) is 3. The molecule has 7 heteroatoms. The maximum Gasteiger partial charge on any atom is 0.223 e. The van der Waals surface area contributed by atoms with Crippen molar-refractivity contribution < 1.29 is 4.52 Å². The standard InChI is InChI=1S/C17H25N5O.HI/c1-5-18-17(20-11-16-21-14(4)23-22-16)19-7-6-15-9-12(2)8-13(3)10-15;/h8-10H,5-7,11H2,1-4H3,(H2,18,19,20);1H. The van der Waals surface area contributed by atoms with E-state index in [4.69, 9.17) is 4.52 Å². The zero-order chi connectivity index (χ0) is 16.7. The molecule has 0 saturated carbocycles. The van der Waals surface area contributed by atoms with Crippen LogP contribution in [-0.4, -0.2) is 29.2 Å². The number of hydrogen-bond donors (Lipinski definition) is 2. The molecule has 0 fully saturated rings. The average Bonchev–Trinajstić information content (AvgIpc) is 2.89. The maximum absolute atomic E-state index is 4.95. The van der Waals surface area contributed by atoms with Gasteiger partial charge in [0.15, 0.2) is 11.8 Å². The molecule has 0 spiro atoms. The molecule has 2 aromatic rings. The van der Waals surface area contributed by atoms with E-state index in [2.05, 4.69) is 57.8 Å². The van der Waals surface area contributed by atoms with Gasteiger partial charge in [0.1, 0.15) is 6.54 Å². The molecule has 1 heterocycles. The Labute approximate surface area is 160 Å². The van der Waals surface area contributed by atoms with Gasteiger partial charge in [0, 0.05) is 20.0 Å². The number of benzene rings is 1. The Kier molecular flexibility index (Phi) is 8.73. The van der Waals surface area contributed by atoms with Crippen molar-refractivity contribution in [2.24, 2.45) is 4.99 Å². The van der Waals surface area contributed by atoms with Crippen LogP contribution in [0.4, 0.5) is 0 Å². The van der Waals surface area contributed by atoms with E-state index in [-0.39, 0.29) is 24.0 Å². The van der Waals surface area contributed by atoms with Gasteiger partial charge in [0.2, 0.25) is 5.89 Å². The van der Waals surface area contributed by atoms with Crippen LogP contribution in [0.1, 0.15) is 35.3 Å². The van der Waals surface area contributed by atoms with Gasteiger partial charge in [-0.05, 0) is 32.8 Å². The SMILES string of the molecule is CCNC(=NCc1noc(C)n1)NCCc1cc(C)cc(C)c1.I. The molecular weight excluding hydrogens is 417 g/mol. The molecule has 0 radical (unpaired) electrons. The normalized spacial score (nSPS) is 11.1. The van der Waals surface area contributed by atoms with Gasteiger partial charge in [-0.3, -0.25) is 0 Å². The molecule has 24 heavy (non-hydrogen) atoms. The molecule has 0 aliphatic carbocycles. The Morgan fingerprint density at radius 2 is 1.83 bits per heavy atom. The Balaban J connectivity index is 0.00000288. The lowest BCUT2D eigenvalue weighted by Gasteiger charge is -2.11. The van der Waals surface area contributed by atoms with Gasteiger partial charge < -0.3 is 15.2 Å². The van der Waals surface area contributed by atoms with Crippen LogP contribution in [0.25, 0.3) is 0 Å². The number of aryl methyl sites for hydroxylation is 3. The molecule has 0 amide bonds. The van der Waals surface area contributed by atoms with Crippen molar-refractivity contribution in [2.75, 3.05) is 13.1 Å². The molecular formula is C17H26IN5O. The summed E-state index contributed by atoms with van der Waals surface area (Å²) in [5.41, 5.74) is 3.93. The van der Waals surface area contributed by atoms with E-state index in [0.29, 0.717) is 18.3 Å². The van der Waals surface area contributed by atoms with Crippen LogP contribution in [0.3, 0.4) is 0 Å². The van der Waals surface area contributed by atoms with E-state index in [0.717, 1.165) is 25.5 Å². The summed E-state index contributed by atoms with van der Waals surface area (Å²) in [6, 6.07) is 6.64. The molecule has 0 atom stereocenters. The highest BCUT2D eigenvalue weighted by atomic mass is 127. The van der Waals surface area contributed by atoms with Crippen molar-refractivity contribution in [3.63, 3.8) is 0 Å². The van der Waals surface area contributed by atoms with Crippen LogP contribution in [-0.2, 0) is 13.0 Å². The first-order valence-corrected chi connectivity index (χ1v) is 7.95. The first kappa shape index (κ1) is 20.4. The molecule has 1 aromatic carbocycles. The summed E-state index contributed by atoms with van der Waals surface area (Å²) in [7, 11) is 0. The summed E-state index contributed by atoms with van der Waals surface area (Å²) in [6.07, 6.45) is 0.953. The van der Waals surface area contributed by atoms with Gasteiger partial charge in [-0.1, -0.05) is 34.5 Å². The zero-order valence-electron chi connectivity index (χ0n) is 14.7. The summed E-state index contributed by atoms with van der Waals surface area (Å²) in [5, 5.41) is 10.4. The van der Waals surface area contributed by atoms with Crippen molar-refractivity contribution >= 4 is 29.9 Å². The summed E-state index contributed by atoms with van der Waals surface area (Å²) < 4.78 is 4.95. The third kappa shape index (κ3) is 6.86. The Hall–Kier alpha value is -1.64. The number of halogens is 1. The van der Waals surface area contributed by atoms with Crippen LogP contribution in [0.15, 0.2) is 27.7 Å². The molecule has 0 unspecified atom stereocenters. The predicted molar refractivity (Wildman–Crippen MR) is 107 cm³/mol. The highest BCUT2D eigenvalue weighted by molar-refractivity contribution is 14.0. The number of hydrogen-bond acceptors (Lipinski definition) is 4. The van der Waals surface area contributed by atoms with Crippen LogP contribution in [0.5, 0.6) is 0 Å². The minimum Gasteiger partial charge on any atom is -0.357 e. The van der Waals surface area contributed by atoms with Crippen molar-refractivity contribution in [1.29, 1.82) is 0 Å². The van der Waals surface area contributed by atoms with Crippen LogP contribution in [0, 0.1) is 20.8 Å². The lowest BCUT2D eigenvalue weighted by atomic mass is 10.1. The van der Waals surface area contributed by atoms with E-state index in [1.54, 1.807) is 6.92 Å². The fraction of sp³-hybridized carbons (Fsp3) is 0.471. The van der Waals surface area contributed by atoms with E-state index in [9.17, 15) is 0 Å². The molecule has 1 aromatic heterocycles. The molecule has 2 N–H and O–H groups in total. The fourth-order valence-corrected chi connectivity index (χ4v) is 2.44. The summed E-state index contributed by atoms with van der Waals surface area (Å²) >= 11 is 0. The average molecular weight is 443 g/mol. The van der Waals surface area contributed by atoms with Crippen molar-refractivity contribution in [3.8, 4) is 0 Å². The van der Waals surface area contributed by atoms with Crippen molar-refractivity contribution in [2.45, 2.75) is 40.7 Å². The maximum atomic E-state index is 4.95. The quantitative estimate of drug-likeness (QED) is 0.408. The second kappa shape index (κ2) is 10.3. The Morgan fingerprint density at radius 1 is 1.12 bits per heavy atom. The van der Waals surface area contributed by atoms with Gasteiger partial charge >= 0.3 is 0 Å². The van der Waals surface area contributed by atoms with Crippen LogP contribution in [0.2, 0.25) is 0 Å². The second-order valence-electron chi connectivity index (χ2n) is 5.60. The predicted octanol–water partition coefficient (Wildman–Crippen LogP) is 2.91. The monoisotopic (exact) mass is 443 g/mol. The molecule has 0 aliphatic heterocycles. The second-order valence-corrected chi connectivity index (χ2v) is 5.60. The summed E-state index contributed by atoms with van der Waals surface area (Å²) in [5.74, 6) is 1.91. The Bertz CT molecular complexity index is 649.